The zero-order valence-electron chi connectivity index (χ0n) is 16.8. The molecule has 32 heavy (non-hydrogen) atoms. The molecule has 3 aromatic carbocycles. The molecule has 0 radical (unpaired) electrons. The normalized spacial score (nSPS) is 11.8. The van der Waals surface area contributed by atoms with Crippen LogP contribution in [0.15, 0.2) is 51.8 Å². The second-order valence-corrected chi connectivity index (χ2v) is 9.77. The van der Waals surface area contributed by atoms with Gasteiger partial charge < -0.3 is 9.15 Å². The zero-order chi connectivity index (χ0) is 23.2. The van der Waals surface area contributed by atoms with E-state index >= 15 is 0 Å². The number of hydrogen-bond donors (Lipinski definition) is 1. The Kier molecular flexibility index (Phi) is 6.02. The predicted octanol–water partition coefficient (Wildman–Crippen LogP) is 6.83. The zero-order valence-corrected chi connectivity index (χ0v) is 19.9. The monoisotopic (exact) mass is 511 g/mol. The van der Waals surface area contributed by atoms with Crippen LogP contribution in [-0.2, 0) is 14.8 Å². The van der Waals surface area contributed by atoms with E-state index in [9.17, 15) is 13.2 Å². The molecule has 0 saturated carbocycles. The molecule has 0 amide bonds. The Bertz CT molecular complexity index is 1500. The number of rotatable bonds is 5. The summed E-state index contributed by atoms with van der Waals surface area (Å²) in [7, 11) is -4.15. The van der Waals surface area contributed by atoms with Gasteiger partial charge in [-0.25, -0.2) is 13.2 Å². The van der Waals surface area contributed by atoms with Crippen LogP contribution in [0, 0.1) is 6.92 Å². The molecule has 6 nitrogen and oxygen atoms in total. The first-order valence-electron chi connectivity index (χ1n) is 9.43. The van der Waals surface area contributed by atoms with Crippen LogP contribution >= 0.6 is 34.8 Å². The van der Waals surface area contributed by atoms with Crippen molar-refractivity contribution in [2.45, 2.75) is 18.7 Å². The number of sulfonamides is 1. The van der Waals surface area contributed by atoms with Gasteiger partial charge in [0, 0.05) is 16.2 Å². The Morgan fingerprint density at radius 1 is 1.00 bits per heavy atom. The van der Waals surface area contributed by atoms with Crippen LogP contribution in [0.1, 0.15) is 23.0 Å². The third-order valence-electron chi connectivity index (χ3n) is 4.86. The minimum absolute atomic E-state index is 0.0480. The third kappa shape index (κ3) is 3.90. The number of nitrogens with one attached hydrogen (secondary N) is 1. The number of anilines is 1. The number of hydrogen-bond acceptors (Lipinski definition) is 5. The van der Waals surface area contributed by atoms with E-state index in [0.29, 0.717) is 27.5 Å². The van der Waals surface area contributed by atoms with Crippen molar-refractivity contribution in [3.63, 3.8) is 0 Å². The lowest BCUT2D eigenvalue weighted by Gasteiger charge is -2.13. The second kappa shape index (κ2) is 8.48. The van der Waals surface area contributed by atoms with Crippen LogP contribution in [0.4, 0.5) is 5.69 Å². The molecule has 1 N–H and O–H groups in total. The van der Waals surface area contributed by atoms with Crippen LogP contribution in [0.3, 0.4) is 0 Å². The largest absolute Gasteiger partial charge is 0.462 e. The number of aryl methyl sites for hydroxylation is 1. The Balaban J connectivity index is 1.95. The molecule has 0 atom stereocenters. The van der Waals surface area contributed by atoms with Crippen molar-refractivity contribution >= 4 is 78.2 Å². The van der Waals surface area contributed by atoms with Gasteiger partial charge in [0.15, 0.2) is 0 Å². The van der Waals surface area contributed by atoms with Gasteiger partial charge in [0.25, 0.3) is 10.0 Å². The van der Waals surface area contributed by atoms with Gasteiger partial charge in [0.2, 0.25) is 0 Å². The summed E-state index contributed by atoms with van der Waals surface area (Å²) in [4.78, 5) is 12.3. The van der Waals surface area contributed by atoms with E-state index in [4.69, 9.17) is 44.0 Å². The average Bonchev–Trinajstić information content (AvgIpc) is 3.06. The van der Waals surface area contributed by atoms with Crippen molar-refractivity contribution in [1.29, 1.82) is 0 Å². The minimum Gasteiger partial charge on any atom is -0.462 e. The third-order valence-corrected chi connectivity index (χ3v) is 7.41. The number of fused-ring (bicyclic) bond motifs is 3. The summed E-state index contributed by atoms with van der Waals surface area (Å²) in [6, 6.07) is 11.1. The van der Waals surface area contributed by atoms with Gasteiger partial charge in [-0.1, -0.05) is 59.1 Å². The molecule has 0 aliphatic heterocycles. The van der Waals surface area contributed by atoms with E-state index in [1.807, 2.05) is 0 Å². The van der Waals surface area contributed by atoms with Gasteiger partial charge in [0.1, 0.15) is 21.8 Å². The van der Waals surface area contributed by atoms with Crippen LogP contribution in [-0.4, -0.2) is 21.0 Å². The van der Waals surface area contributed by atoms with Crippen molar-refractivity contribution in [1.82, 2.24) is 0 Å². The van der Waals surface area contributed by atoms with Gasteiger partial charge in [-0.15, -0.1) is 0 Å². The van der Waals surface area contributed by atoms with Crippen molar-refractivity contribution in [3.8, 4) is 0 Å². The first kappa shape index (κ1) is 22.7. The van der Waals surface area contributed by atoms with Crippen molar-refractivity contribution in [2.24, 2.45) is 0 Å². The molecule has 0 spiro atoms. The molecule has 0 fully saturated rings. The Hall–Kier alpha value is -2.45. The van der Waals surface area contributed by atoms with Gasteiger partial charge in [0.05, 0.1) is 27.4 Å². The highest BCUT2D eigenvalue weighted by Crippen LogP contribution is 2.39. The van der Waals surface area contributed by atoms with E-state index < -0.39 is 16.0 Å². The topological polar surface area (TPSA) is 85.6 Å². The van der Waals surface area contributed by atoms with Gasteiger partial charge in [-0.2, -0.15) is 0 Å². The van der Waals surface area contributed by atoms with Crippen LogP contribution in [0.2, 0.25) is 15.1 Å². The number of benzene rings is 3. The number of furan rings is 1. The number of carbonyl (C=O) groups excluding carboxylic acids is 1. The van der Waals surface area contributed by atoms with E-state index in [-0.39, 0.29) is 37.8 Å². The molecule has 0 aliphatic carbocycles. The van der Waals surface area contributed by atoms with E-state index in [1.165, 1.54) is 12.1 Å². The van der Waals surface area contributed by atoms with Crippen LogP contribution in [0.25, 0.3) is 21.7 Å². The maximum absolute atomic E-state index is 13.2. The SMILES string of the molecule is CCOC(=O)c1c(C)oc2c1cc(NS(=O)(=O)c1cc(Cl)c(Cl)cc1Cl)c1ccccc12. The second-order valence-electron chi connectivity index (χ2n) is 6.90. The van der Waals surface area contributed by atoms with E-state index in [2.05, 4.69) is 4.72 Å². The first-order chi connectivity index (χ1) is 15.1. The minimum atomic E-state index is -4.15. The fraction of sp³-hybridized carbons (Fsp3) is 0.136. The standard InChI is InChI=1S/C22H16Cl3NO5S/c1-3-30-22(27)20-11(2)31-21-13-7-5-4-6-12(13)18(8-14(20)21)26-32(28,29)19-10-16(24)15(23)9-17(19)25/h4-10,26H,3H2,1-2H3. The van der Waals surface area contributed by atoms with Crippen molar-refractivity contribution < 1.29 is 22.4 Å². The summed E-state index contributed by atoms with van der Waals surface area (Å²) in [6.45, 7) is 3.54. The summed E-state index contributed by atoms with van der Waals surface area (Å²) in [6.07, 6.45) is 0. The highest BCUT2D eigenvalue weighted by molar-refractivity contribution is 7.92. The molecule has 0 aliphatic rings. The highest BCUT2D eigenvalue weighted by atomic mass is 35.5. The molecule has 10 heteroatoms. The lowest BCUT2D eigenvalue weighted by Crippen LogP contribution is -2.14. The van der Waals surface area contributed by atoms with Gasteiger partial charge in [-0.3, -0.25) is 4.72 Å². The predicted molar refractivity (Wildman–Crippen MR) is 127 cm³/mol. The Labute approximate surface area is 199 Å². The van der Waals surface area contributed by atoms with E-state index in [0.717, 1.165) is 0 Å². The summed E-state index contributed by atoms with van der Waals surface area (Å²) in [5.74, 6) is -0.184. The highest BCUT2D eigenvalue weighted by Gasteiger charge is 2.25. The smallest absolute Gasteiger partial charge is 0.342 e. The molecule has 0 unspecified atom stereocenters. The fourth-order valence-corrected chi connectivity index (χ4v) is 5.56. The number of carbonyl (C=O) groups is 1. The van der Waals surface area contributed by atoms with E-state index in [1.54, 1.807) is 44.2 Å². The molecule has 0 bridgehead atoms. The Morgan fingerprint density at radius 2 is 1.66 bits per heavy atom. The van der Waals surface area contributed by atoms with Crippen molar-refractivity contribution in [2.75, 3.05) is 11.3 Å². The maximum Gasteiger partial charge on any atom is 0.342 e. The lowest BCUT2D eigenvalue weighted by molar-refractivity contribution is 0.0526. The molecule has 4 aromatic rings. The molecule has 1 aromatic heterocycles. The molecule has 4 rings (SSSR count). The molecular weight excluding hydrogens is 497 g/mol. The van der Waals surface area contributed by atoms with Crippen LogP contribution in [0.5, 0.6) is 0 Å². The number of ether oxygens (including phenoxy) is 1. The van der Waals surface area contributed by atoms with Gasteiger partial charge >= 0.3 is 5.97 Å². The van der Waals surface area contributed by atoms with Gasteiger partial charge in [-0.05, 0) is 32.0 Å². The quantitative estimate of drug-likeness (QED) is 0.234. The van der Waals surface area contributed by atoms with Crippen LogP contribution < -0.4 is 4.72 Å². The average molecular weight is 513 g/mol. The summed E-state index contributed by atoms with van der Waals surface area (Å²) < 4.78 is 39.9. The lowest BCUT2D eigenvalue weighted by atomic mass is 10.0. The first-order valence-corrected chi connectivity index (χ1v) is 12.0. The van der Waals surface area contributed by atoms with Crippen molar-refractivity contribution in [3.05, 3.63) is 68.9 Å². The number of esters is 1. The Morgan fingerprint density at radius 3 is 2.34 bits per heavy atom. The fourth-order valence-electron chi connectivity index (χ4n) is 3.49. The maximum atomic E-state index is 13.2. The molecule has 1 heterocycles. The molecule has 166 valence electrons. The summed E-state index contributed by atoms with van der Waals surface area (Å²) in [5.41, 5.74) is 0.930. The summed E-state index contributed by atoms with van der Waals surface area (Å²) in [5, 5.41) is 1.73. The molecule has 0 saturated heterocycles. The summed E-state index contributed by atoms with van der Waals surface area (Å²) >= 11 is 18.1. The molecular formula is C22H16Cl3NO5S. The number of halogens is 3.